The molecule has 1 aromatic carbocycles. The van der Waals surface area contributed by atoms with E-state index in [0.29, 0.717) is 12.2 Å². The number of aryl methyl sites for hydroxylation is 2. The van der Waals surface area contributed by atoms with Crippen LogP contribution in [0.3, 0.4) is 0 Å². The number of likely N-dealkylation sites (N-methyl/N-ethyl adjacent to an activating group) is 1. The summed E-state index contributed by atoms with van der Waals surface area (Å²) in [5.41, 5.74) is 3.87. The Kier molecular flexibility index (Phi) is 8.37. The molecule has 0 atom stereocenters. The molecule has 0 saturated carbocycles. The number of halogens is 1. The smallest absolute Gasteiger partial charge is 0.276 e. The molecule has 1 aliphatic heterocycles. The number of benzene rings is 1. The lowest BCUT2D eigenvalue weighted by Crippen LogP contribution is -2.38. The van der Waals surface area contributed by atoms with E-state index in [1.165, 1.54) is 4.90 Å². The molecule has 1 saturated heterocycles. The summed E-state index contributed by atoms with van der Waals surface area (Å²) in [7, 11) is 0. The molecule has 1 fully saturated rings. The lowest BCUT2D eigenvalue weighted by atomic mass is 10.1. The first-order valence-corrected chi connectivity index (χ1v) is 10.2. The molecule has 1 aliphatic rings. The first kappa shape index (κ1) is 23.8. The Hall–Kier alpha value is -2.45. The second-order valence-electron chi connectivity index (χ2n) is 7.58. The Morgan fingerprint density at radius 3 is 2.43 bits per heavy atom. The van der Waals surface area contributed by atoms with Crippen LogP contribution in [0.4, 0.5) is 5.69 Å². The minimum absolute atomic E-state index is 0. The molecule has 2 heterocycles. The Labute approximate surface area is 183 Å². The zero-order valence-corrected chi connectivity index (χ0v) is 18.9. The number of carbonyl (C=O) groups is 2. The molecule has 0 aliphatic carbocycles. The molecule has 2 N–H and O–H groups in total. The third-order valence-electron chi connectivity index (χ3n) is 5.53. The van der Waals surface area contributed by atoms with Crippen molar-refractivity contribution in [3.05, 3.63) is 40.7 Å². The third kappa shape index (κ3) is 5.17. The van der Waals surface area contributed by atoms with Crippen LogP contribution in [0.5, 0.6) is 0 Å². The molecule has 30 heavy (non-hydrogen) atoms. The average molecular weight is 435 g/mol. The summed E-state index contributed by atoms with van der Waals surface area (Å²) in [4.78, 5) is 27.1. The number of carbonyl (C=O) groups excluding carboxylic acids is 2. The highest BCUT2D eigenvalue weighted by molar-refractivity contribution is 5.99. The normalized spacial score (nSPS) is 14.1. The van der Waals surface area contributed by atoms with Gasteiger partial charge in [-0.3, -0.25) is 9.59 Å². The Morgan fingerprint density at radius 1 is 1.20 bits per heavy atom. The summed E-state index contributed by atoms with van der Waals surface area (Å²) in [6.45, 7) is 9.90. The summed E-state index contributed by atoms with van der Waals surface area (Å²) in [6.07, 6.45) is 1.93. The zero-order valence-electron chi connectivity index (χ0n) is 18.1. The zero-order chi connectivity index (χ0) is 21.0. The number of aromatic nitrogens is 3. The lowest BCUT2D eigenvalue weighted by Gasteiger charge is -2.24. The predicted molar refractivity (Wildman–Crippen MR) is 119 cm³/mol. The van der Waals surface area contributed by atoms with Crippen LogP contribution in [0.2, 0.25) is 0 Å². The largest absolute Gasteiger partial charge is 0.328 e. The van der Waals surface area contributed by atoms with E-state index in [9.17, 15) is 9.59 Å². The van der Waals surface area contributed by atoms with Gasteiger partial charge in [0.05, 0.1) is 11.7 Å². The van der Waals surface area contributed by atoms with Crippen LogP contribution >= 0.6 is 12.4 Å². The van der Waals surface area contributed by atoms with Crippen molar-refractivity contribution < 1.29 is 9.59 Å². The molecule has 2 amide bonds. The number of para-hydroxylation sites is 1. The van der Waals surface area contributed by atoms with Crippen LogP contribution in [-0.4, -0.2) is 57.9 Å². The highest BCUT2D eigenvalue weighted by Gasteiger charge is 2.26. The highest BCUT2D eigenvalue weighted by atomic mass is 35.5. The number of anilines is 1. The van der Waals surface area contributed by atoms with Gasteiger partial charge in [0.2, 0.25) is 5.91 Å². The summed E-state index contributed by atoms with van der Waals surface area (Å²) >= 11 is 0. The molecule has 9 heteroatoms. The number of amides is 2. The molecule has 8 nitrogen and oxygen atoms in total. The average Bonchev–Trinajstić information content (AvgIpc) is 3.10. The van der Waals surface area contributed by atoms with Gasteiger partial charge in [0.1, 0.15) is 6.54 Å². The van der Waals surface area contributed by atoms with Crippen molar-refractivity contribution >= 4 is 29.9 Å². The second-order valence-corrected chi connectivity index (χ2v) is 7.58. The topological polar surface area (TPSA) is 92.2 Å². The van der Waals surface area contributed by atoms with Gasteiger partial charge in [-0.05, 0) is 64.8 Å². The summed E-state index contributed by atoms with van der Waals surface area (Å²) < 4.78 is 1.86. The molecule has 1 aromatic heterocycles. The number of nitrogens with one attached hydrogen (secondary N) is 2. The first-order valence-electron chi connectivity index (χ1n) is 10.2. The Balaban J connectivity index is 0.00000320. The maximum absolute atomic E-state index is 13.0. The van der Waals surface area contributed by atoms with Gasteiger partial charge in [-0.2, -0.15) is 0 Å². The highest BCUT2D eigenvalue weighted by Crippen LogP contribution is 2.21. The van der Waals surface area contributed by atoms with E-state index in [1.54, 1.807) is 0 Å². The number of nitrogens with zero attached hydrogens (tertiary/aromatic N) is 4. The van der Waals surface area contributed by atoms with Gasteiger partial charge in [0.15, 0.2) is 5.69 Å². The van der Waals surface area contributed by atoms with Crippen LogP contribution in [-0.2, 0) is 4.79 Å². The van der Waals surface area contributed by atoms with Gasteiger partial charge in [0, 0.05) is 12.2 Å². The molecular weight excluding hydrogens is 404 g/mol. The van der Waals surface area contributed by atoms with Crippen molar-refractivity contribution in [2.75, 3.05) is 31.5 Å². The van der Waals surface area contributed by atoms with Crippen molar-refractivity contribution in [2.24, 2.45) is 0 Å². The molecule has 0 radical (unpaired) electrons. The van der Waals surface area contributed by atoms with Crippen LogP contribution in [0.25, 0.3) is 0 Å². The Bertz CT molecular complexity index is 871. The molecule has 0 unspecified atom stereocenters. The van der Waals surface area contributed by atoms with Crippen molar-refractivity contribution in [1.82, 2.24) is 25.2 Å². The van der Waals surface area contributed by atoms with Crippen molar-refractivity contribution in [3.63, 3.8) is 0 Å². The van der Waals surface area contributed by atoms with Crippen LogP contribution in [0.15, 0.2) is 18.2 Å². The van der Waals surface area contributed by atoms with Gasteiger partial charge < -0.3 is 15.5 Å². The monoisotopic (exact) mass is 434 g/mol. The maximum Gasteiger partial charge on any atom is 0.276 e. The van der Waals surface area contributed by atoms with E-state index in [0.717, 1.165) is 48.4 Å². The fourth-order valence-corrected chi connectivity index (χ4v) is 3.78. The number of rotatable bonds is 6. The molecule has 3 rings (SSSR count). The number of hydrogen-bond donors (Lipinski definition) is 2. The van der Waals surface area contributed by atoms with E-state index in [4.69, 9.17) is 0 Å². The summed E-state index contributed by atoms with van der Waals surface area (Å²) in [6, 6.07) is 6.12. The van der Waals surface area contributed by atoms with Gasteiger partial charge in [-0.25, -0.2) is 4.68 Å². The second kappa shape index (κ2) is 10.5. The number of hydrogen-bond acceptors (Lipinski definition) is 5. The standard InChI is InChI=1S/C21H30N6O2.ClH/c1-5-26(13-18(28)23-19-14(2)7-6-8-15(19)3)21(29)20-16(4)27(25-24-20)17-9-11-22-12-10-17;/h6-8,17,22H,5,9-13H2,1-4H3,(H,23,28);1H. The Morgan fingerprint density at radius 2 is 1.83 bits per heavy atom. The van der Waals surface area contributed by atoms with E-state index >= 15 is 0 Å². The van der Waals surface area contributed by atoms with Crippen molar-refractivity contribution in [1.29, 1.82) is 0 Å². The molecule has 0 spiro atoms. The van der Waals surface area contributed by atoms with Crippen LogP contribution < -0.4 is 10.6 Å². The first-order chi connectivity index (χ1) is 13.9. The van der Waals surface area contributed by atoms with Gasteiger partial charge >= 0.3 is 0 Å². The summed E-state index contributed by atoms with van der Waals surface area (Å²) in [5, 5.41) is 14.7. The van der Waals surface area contributed by atoms with E-state index in [1.807, 2.05) is 50.6 Å². The quantitative estimate of drug-likeness (QED) is 0.729. The fraction of sp³-hybridized carbons (Fsp3) is 0.524. The van der Waals surface area contributed by atoms with Gasteiger partial charge in [-0.15, -0.1) is 17.5 Å². The molecule has 0 bridgehead atoms. The third-order valence-corrected chi connectivity index (χ3v) is 5.53. The maximum atomic E-state index is 13.0. The predicted octanol–water partition coefficient (Wildman–Crippen LogP) is 2.65. The van der Waals surface area contributed by atoms with E-state index in [-0.39, 0.29) is 36.8 Å². The van der Waals surface area contributed by atoms with Crippen molar-refractivity contribution in [2.45, 2.75) is 46.6 Å². The minimum atomic E-state index is -0.262. The van der Waals surface area contributed by atoms with E-state index < -0.39 is 0 Å². The van der Waals surface area contributed by atoms with Crippen molar-refractivity contribution in [3.8, 4) is 0 Å². The lowest BCUT2D eigenvalue weighted by molar-refractivity contribution is -0.116. The molecule has 2 aromatic rings. The van der Waals surface area contributed by atoms with Crippen LogP contribution in [0, 0.1) is 20.8 Å². The van der Waals surface area contributed by atoms with Gasteiger partial charge in [0.25, 0.3) is 5.91 Å². The van der Waals surface area contributed by atoms with Crippen LogP contribution in [0.1, 0.15) is 53.1 Å². The number of piperidine rings is 1. The van der Waals surface area contributed by atoms with Gasteiger partial charge in [-0.1, -0.05) is 23.4 Å². The van der Waals surface area contributed by atoms with E-state index in [2.05, 4.69) is 20.9 Å². The SMILES string of the molecule is CCN(CC(=O)Nc1c(C)cccc1C)C(=O)c1nnn(C2CCNCC2)c1C.Cl. The summed E-state index contributed by atoms with van der Waals surface area (Å²) in [5.74, 6) is -0.483. The molecule has 164 valence electrons. The minimum Gasteiger partial charge on any atom is -0.328 e. The molecular formula is C21H31ClN6O2. The fourth-order valence-electron chi connectivity index (χ4n) is 3.78.